The number of amides is 1. The molecule has 0 aromatic carbocycles. The third-order valence-corrected chi connectivity index (χ3v) is 4.30. The number of pyridine rings is 1. The van der Waals surface area contributed by atoms with Crippen molar-refractivity contribution in [2.75, 3.05) is 25.0 Å². The van der Waals surface area contributed by atoms with E-state index < -0.39 is 0 Å². The highest BCUT2D eigenvalue weighted by molar-refractivity contribution is 5.75. The SMILES string of the molecule is Cc1cc(C)nc(Nc2cccc([C@H]3CCCN(CC(N)=O)C3)n2)n1. The third kappa shape index (κ3) is 4.73. The molecule has 1 amide bonds. The van der Waals surface area contributed by atoms with Crippen LogP contribution in [0.5, 0.6) is 0 Å². The quantitative estimate of drug-likeness (QED) is 0.863. The Balaban J connectivity index is 1.73. The highest BCUT2D eigenvalue weighted by Crippen LogP contribution is 2.26. The number of rotatable bonds is 5. The molecule has 0 spiro atoms. The van der Waals surface area contributed by atoms with Gasteiger partial charge < -0.3 is 11.1 Å². The lowest BCUT2D eigenvalue weighted by atomic mass is 9.94. The molecule has 3 rings (SSSR count). The number of aromatic nitrogens is 3. The van der Waals surface area contributed by atoms with Gasteiger partial charge in [0, 0.05) is 29.5 Å². The molecular formula is C18H24N6O. The molecule has 2 aromatic rings. The van der Waals surface area contributed by atoms with Crippen LogP contribution in [0, 0.1) is 13.8 Å². The Morgan fingerprint density at radius 1 is 1.28 bits per heavy atom. The normalized spacial score (nSPS) is 18.1. The minimum absolute atomic E-state index is 0.281. The number of piperidine rings is 1. The van der Waals surface area contributed by atoms with Crippen LogP contribution in [0.3, 0.4) is 0 Å². The largest absolute Gasteiger partial charge is 0.369 e. The number of likely N-dealkylation sites (tertiary alicyclic amines) is 1. The molecule has 3 N–H and O–H groups in total. The molecule has 0 bridgehead atoms. The highest BCUT2D eigenvalue weighted by Gasteiger charge is 2.23. The number of anilines is 2. The molecule has 1 aliphatic heterocycles. The first-order chi connectivity index (χ1) is 12.0. The number of carbonyl (C=O) groups excluding carboxylic acids is 1. The Bertz CT molecular complexity index is 743. The molecule has 7 heteroatoms. The topological polar surface area (TPSA) is 97.0 Å². The Morgan fingerprint density at radius 3 is 2.76 bits per heavy atom. The lowest BCUT2D eigenvalue weighted by molar-refractivity contribution is -0.119. The summed E-state index contributed by atoms with van der Waals surface area (Å²) >= 11 is 0. The maximum Gasteiger partial charge on any atom is 0.231 e. The molecule has 7 nitrogen and oxygen atoms in total. The molecule has 1 saturated heterocycles. The van der Waals surface area contributed by atoms with Gasteiger partial charge in [-0.15, -0.1) is 0 Å². The highest BCUT2D eigenvalue weighted by atomic mass is 16.1. The summed E-state index contributed by atoms with van der Waals surface area (Å²) in [5.41, 5.74) is 8.17. The first kappa shape index (κ1) is 17.3. The van der Waals surface area contributed by atoms with E-state index in [1.54, 1.807) is 0 Å². The average molecular weight is 340 g/mol. The van der Waals surface area contributed by atoms with Crippen LogP contribution < -0.4 is 11.1 Å². The molecule has 2 aromatic heterocycles. The van der Waals surface area contributed by atoms with Crippen LogP contribution in [0.4, 0.5) is 11.8 Å². The number of hydrogen-bond donors (Lipinski definition) is 2. The van der Waals surface area contributed by atoms with Gasteiger partial charge in [0.05, 0.1) is 6.54 Å². The van der Waals surface area contributed by atoms with Crippen LogP contribution in [-0.4, -0.2) is 45.4 Å². The minimum atomic E-state index is -0.281. The van der Waals surface area contributed by atoms with E-state index in [4.69, 9.17) is 10.7 Å². The van der Waals surface area contributed by atoms with E-state index in [0.29, 0.717) is 18.4 Å². The van der Waals surface area contributed by atoms with Gasteiger partial charge in [0.2, 0.25) is 11.9 Å². The fourth-order valence-electron chi connectivity index (χ4n) is 3.31. The number of carbonyl (C=O) groups is 1. The monoisotopic (exact) mass is 340 g/mol. The van der Waals surface area contributed by atoms with Gasteiger partial charge in [-0.3, -0.25) is 9.69 Å². The molecule has 1 aliphatic rings. The summed E-state index contributed by atoms with van der Waals surface area (Å²) in [5.74, 6) is 1.31. The number of nitrogens with one attached hydrogen (secondary N) is 1. The molecule has 1 fully saturated rings. The van der Waals surface area contributed by atoms with Gasteiger partial charge in [-0.25, -0.2) is 15.0 Å². The van der Waals surface area contributed by atoms with Gasteiger partial charge in [-0.1, -0.05) is 6.07 Å². The van der Waals surface area contributed by atoms with Crippen molar-refractivity contribution >= 4 is 17.7 Å². The van der Waals surface area contributed by atoms with Gasteiger partial charge in [-0.2, -0.15) is 0 Å². The molecule has 25 heavy (non-hydrogen) atoms. The van der Waals surface area contributed by atoms with Crippen molar-refractivity contribution in [2.45, 2.75) is 32.6 Å². The first-order valence-electron chi connectivity index (χ1n) is 8.56. The summed E-state index contributed by atoms with van der Waals surface area (Å²) < 4.78 is 0. The number of nitrogens with two attached hydrogens (primary N) is 1. The second-order valence-corrected chi connectivity index (χ2v) is 6.59. The zero-order valence-corrected chi connectivity index (χ0v) is 14.7. The lowest BCUT2D eigenvalue weighted by Gasteiger charge is -2.31. The van der Waals surface area contributed by atoms with Gasteiger partial charge in [0.25, 0.3) is 0 Å². The average Bonchev–Trinajstić information content (AvgIpc) is 2.54. The van der Waals surface area contributed by atoms with Crippen molar-refractivity contribution in [3.63, 3.8) is 0 Å². The summed E-state index contributed by atoms with van der Waals surface area (Å²) in [6.07, 6.45) is 2.10. The Labute approximate surface area is 147 Å². The van der Waals surface area contributed by atoms with E-state index in [1.807, 2.05) is 38.1 Å². The lowest BCUT2D eigenvalue weighted by Crippen LogP contribution is -2.40. The van der Waals surface area contributed by atoms with Crippen LogP contribution in [-0.2, 0) is 4.79 Å². The predicted molar refractivity (Wildman–Crippen MR) is 96.6 cm³/mol. The fourth-order valence-corrected chi connectivity index (χ4v) is 3.31. The van der Waals surface area contributed by atoms with Crippen molar-refractivity contribution in [3.8, 4) is 0 Å². The first-order valence-corrected chi connectivity index (χ1v) is 8.56. The number of aryl methyl sites for hydroxylation is 2. The Hall–Kier alpha value is -2.54. The molecule has 0 aliphatic carbocycles. The summed E-state index contributed by atoms with van der Waals surface area (Å²) in [4.78, 5) is 26.8. The molecule has 0 radical (unpaired) electrons. The summed E-state index contributed by atoms with van der Waals surface area (Å²) in [6, 6.07) is 7.87. The van der Waals surface area contributed by atoms with E-state index in [2.05, 4.69) is 20.2 Å². The van der Waals surface area contributed by atoms with Crippen LogP contribution in [0.15, 0.2) is 24.3 Å². The van der Waals surface area contributed by atoms with Crippen molar-refractivity contribution in [1.29, 1.82) is 0 Å². The van der Waals surface area contributed by atoms with Crippen molar-refractivity contribution < 1.29 is 4.79 Å². The molecule has 1 atom stereocenters. The smallest absolute Gasteiger partial charge is 0.231 e. The predicted octanol–water partition coefficient (Wildman–Crippen LogP) is 1.90. The van der Waals surface area contributed by atoms with Gasteiger partial charge in [0.15, 0.2) is 0 Å². The van der Waals surface area contributed by atoms with E-state index >= 15 is 0 Å². The van der Waals surface area contributed by atoms with E-state index in [0.717, 1.165) is 48.8 Å². The second-order valence-electron chi connectivity index (χ2n) is 6.59. The number of primary amides is 1. The third-order valence-electron chi connectivity index (χ3n) is 4.30. The van der Waals surface area contributed by atoms with Crippen LogP contribution in [0.1, 0.15) is 35.8 Å². The number of nitrogens with zero attached hydrogens (tertiary/aromatic N) is 4. The van der Waals surface area contributed by atoms with Crippen molar-refractivity contribution in [2.24, 2.45) is 5.73 Å². The summed E-state index contributed by atoms with van der Waals surface area (Å²) in [5, 5.41) is 3.19. The van der Waals surface area contributed by atoms with Crippen LogP contribution in [0.25, 0.3) is 0 Å². The van der Waals surface area contributed by atoms with Gasteiger partial charge >= 0.3 is 0 Å². The molecule has 132 valence electrons. The molecular weight excluding hydrogens is 316 g/mol. The summed E-state index contributed by atoms with van der Waals surface area (Å²) in [6.45, 7) is 5.91. The van der Waals surface area contributed by atoms with Crippen molar-refractivity contribution in [1.82, 2.24) is 19.9 Å². The zero-order valence-electron chi connectivity index (χ0n) is 14.7. The van der Waals surface area contributed by atoms with E-state index in [9.17, 15) is 4.79 Å². The standard InChI is InChI=1S/C18H24N6O/c1-12-9-13(2)21-18(20-12)23-17-7-3-6-15(22-17)14-5-4-8-24(10-14)11-16(19)25/h3,6-7,9,14H,4-5,8,10-11H2,1-2H3,(H2,19,25)(H,20,21,22,23)/t14-/m0/s1. The molecule has 3 heterocycles. The van der Waals surface area contributed by atoms with Crippen LogP contribution >= 0.6 is 0 Å². The van der Waals surface area contributed by atoms with E-state index in [-0.39, 0.29) is 5.91 Å². The van der Waals surface area contributed by atoms with Gasteiger partial charge in [-0.05, 0) is 51.4 Å². The maximum absolute atomic E-state index is 11.2. The second kappa shape index (κ2) is 7.57. The minimum Gasteiger partial charge on any atom is -0.369 e. The molecule has 0 saturated carbocycles. The van der Waals surface area contributed by atoms with Crippen molar-refractivity contribution in [3.05, 3.63) is 41.3 Å². The van der Waals surface area contributed by atoms with Crippen LogP contribution in [0.2, 0.25) is 0 Å². The van der Waals surface area contributed by atoms with E-state index in [1.165, 1.54) is 0 Å². The van der Waals surface area contributed by atoms with Gasteiger partial charge in [0.1, 0.15) is 5.82 Å². The Kier molecular flexibility index (Phi) is 5.23. The number of hydrogen-bond acceptors (Lipinski definition) is 6. The summed E-state index contributed by atoms with van der Waals surface area (Å²) in [7, 11) is 0. The Morgan fingerprint density at radius 2 is 2.04 bits per heavy atom. The molecule has 0 unspecified atom stereocenters. The fraction of sp³-hybridized carbons (Fsp3) is 0.444. The zero-order chi connectivity index (χ0) is 17.8. The maximum atomic E-state index is 11.2.